The summed E-state index contributed by atoms with van der Waals surface area (Å²) in [4.78, 5) is 27.5. The van der Waals surface area contributed by atoms with Crippen molar-refractivity contribution in [1.29, 1.82) is 0 Å². The maximum Gasteiger partial charge on any atom is 0.337 e. The van der Waals surface area contributed by atoms with Crippen molar-refractivity contribution in [2.45, 2.75) is 0 Å². The van der Waals surface area contributed by atoms with E-state index in [0.717, 1.165) is 0 Å². The number of thiocarbonyl (C=S) groups is 1. The zero-order chi connectivity index (χ0) is 16.8. The highest BCUT2D eigenvalue weighted by Crippen LogP contribution is 2.10. The average molecular weight is 350 g/mol. The largest absolute Gasteiger partial charge is 0.465 e. The number of aromatic nitrogens is 1. The Bertz CT molecular complexity index is 750. The summed E-state index contributed by atoms with van der Waals surface area (Å²) in [5, 5.41) is 5.77. The molecule has 1 aromatic heterocycles. The molecule has 0 saturated carbocycles. The zero-order valence-electron chi connectivity index (χ0n) is 12.0. The molecule has 0 aliphatic heterocycles. The van der Waals surface area contributed by atoms with Gasteiger partial charge in [-0.2, -0.15) is 0 Å². The van der Waals surface area contributed by atoms with Crippen LogP contribution in [0.4, 0.5) is 5.69 Å². The first-order chi connectivity index (χ1) is 11.0. The molecule has 0 fully saturated rings. The second-order valence-electron chi connectivity index (χ2n) is 4.35. The van der Waals surface area contributed by atoms with Crippen LogP contribution in [0.5, 0.6) is 0 Å². The van der Waals surface area contributed by atoms with Crippen LogP contribution in [0.15, 0.2) is 42.6 Å². The summed E-state index contributed by atoms with van der Waals surface area (Å²) in [7, 11) is 1.27. The lowest BCUT2D eigenvalue weighted by molar-refractivity contribution is 0.0600. The van der Waals surface area contributed by atoms with Crippen LogP contribution in [0.3, 0.4) is 0 Å². The van der Waals surface area contributed by atoms with Crippen LogP contribution in [-0.2, 0) is 4.74 Å². The number of anilines is 1. The Kier molecular flexibility index (Phi) is 5.61. The zero-order valence-corrected chi connectivity index (χ0v) is 13.6. The maximum absolute atomic E-state index is 12.1. The third kappa shape index (κ3) is 4.73. The number of methoxy groups -OCH3 is 1. The molecule has 0 atom stereocenters. The number of rotatable bonds is 3. The van der Waals surface area contributed by atoms with E-state index in [1.54, 1.807) is 30.3 Å². The van der Waals surface area contributed by atoms with Crippen LogP contribution in [-0.4, -0.2) is 29.1 Å². The second-order valence-corrected chi connectivity index (χ2v) is 5.15. The molecule has 6 nitrogen and oxygen atoms in total. The molecule has 118 valence electrons. The van der Waals surface area contributed by atoms with Crippen LogP contribution in [0, 0.1) is 0 Å². The minimum absolute atomic E-state index is 0.0996. The first-order valence-corrected chi connectivity index (χ1v) is 7.20. The van der Waals surface area contributed by atoms with Gasteiger partial charge in [-0.15, -0.1) is 0 Å². The summed E-state index contributed by atoms with van der Waals surface area (Å²) < 4.78 is 4.61. The number of benzene rings is 1. The molecule has 0 spiro atoms. The van der Waals surface area contributed by atoms with E-state index >= 15 is 0 Å². The van der Waals surface area contributed by atoms with Crippen molar-refractivity contribution in [2.24, 2.45) is 0 Å². The summed E-state index contributed by atoms with van der Waals surface area (Å²) in [5.74, 6) is -0.970. The molecule has 2 aromatic rings. The molecule has 2 N–H and O–H groups in total. The number of nitrogens with zero attached hydrogens (tertiary/aromatic N) is 1. The number of hydrogen-bond donors (Lipinski definition) is 2. The molecule has 8 heteroatoms. The standard InChI is InChI=1S/C15H12ClN3O3S/c1-22-14(21)10-4-2-3-9(7-10)13(20)19-15(23)18-11-5-6-12(16)17-8-11/h2-8H,1H3,(H2,18,19,20,23). The summed E-state index contributed by atoms with van der Waals surface area (Å²) in [6, 6.07) is 9.39. The van der Waals surface area contributed by atoms with Gasteiger partial charge in [0, 0.05) is 5.56 Å². The molecule has 0 radical (unpaired) electrons. The highest BCUT2D eigenvalue weighted by Gasteiger charge is 2.12. The number of carbonyl (C=O) groups is 2. The van der Waals surface area contributed by atoms with Gasteiger partial charge in [0.05, 0.1) is 24.6 Å². The summed E-state index contributed by atoms with van der Waals surface area (Å²) in [5.41, 5.74) is 1.15. The van der Waals surface area contributed by atoms with Crippen LogP contribution >= 0.6 is 23.8 Å². The van der Waals surface area contributed by atoms with Gasteiger partial charge in [-0.3, -0.25) is 10.1 Å². The van der Waals surface area contributed by atoms with Crippen LogP contribution in [0.1, 0.15) is 20.7 Å². The lowest BCUT2D eigenvalue weighted by atomic mass is 10.1. The van der Waals surface area contributed by atoms with Gasteiger partial charge >= 0.3 is 5.97 Å². The highest BCUT2D eigenvalue weighted by molar-refractivity contribution is 7.80. The van der Waals surface area contributed by atoms with E-state index in [1.165, 1.54) is 19.4 Å². The lowest BCUT2D eigenvalue weighted by Gasteiger charge is -2.09. The van der Waals surface area contributed by atoms with Crippen molar-refractivity contribution in [2.75, 3.05) is 12.4 Å². The Morgan fingerprint density at radius 3 is 2.61 bits per heavy atom. The first kappa shape index (κ1) is 16.9. The van der Waals surface area contributed by atoms with E-state index in [4.69, 9.17) is 23.8 Å². The van der Waals surface area contributed by atoms with Gasteiger partial charge in [0.2, 0.25) is 0 Å². The van der Waals surface area contributed by atoms with Crippen molar-refractivity contribution >= 4 is 46.5 Å². The van der Waals surface area contributed by atoms with Gasteiger partial charge in [0.25, 0.3) is 5.91 Å². The van der Waals surface area contributed by atoms with Gasteiger partial charge in [0.1, 0.15) is 5.15 Å². The molecule has 23 heavy (non-hydrogen) atoms. The number of amides is 1. The smallest absolute Gasteiger partial charge is 0.337 e. The molecule has 0 bridgehead atoms. The van der Waals surface area contributed by atoms with Crippen molar-refractivity contribution in [3.8, 4) is 0 Å². The Morgan fingerprint density at radius 2 is 1.96 bits per heavy atom. The van der Waals surface area contributed by atoms with Gasteiger partial charge in [-0.1, -0.05) is 17.7 Å². The van der Waals surface area contributed by atoms with E-state index in [1.807, 2.05) is 0 Å². The van der Waals surface area contributed by atoms with E-state index < -0.39 is 11.9 Å². The normalized spacial score (nSPS) is 9.83. The molecule has 0 aliphatic rings. The van der Waals surface area contributed by atoms with E-state index in [2.05, 4.69) is 20.4 Å². The SMILES string of the molecule is COC(=O)c1cccc(C(=O)NC(=S)Nc2ccc(Cl)nc2)c1. The number of pyridine rings is 1. The van der Waals surface area contributed by atoms with E-state index in [0.29, 0.717) is 10.8 Å². The Balaban J connectivity index is 2.02. The monoisotopic (exact) mass is 349 g/mol. The summed E-state index contributed by atoms with van der Waals surface area (Å²) in [6.07, 6.45) is 1.48. The van der Waals surface area contributed by atoms with Gasteiger partial charge in [-0.05, 0) is 42.5 Å². The molecule has 1 heterocycles. The predicted octanol–water partition coefficient (Wildman–Crippen LogP) is 2.65. The van der Waals surface area contributed by atoms with Crippen LogP contribution < -0.4 is 10.6 Å². The van der Waals surface area contributed by atoms with Gasteiger partial charge < -0.3 is 10.1 Å². The molecule has 1 aromatic carbocycles. The third-order valence-corrected chi connectivity index (χ3v) is 3.19. The minimum atomic E-state index is -0.521. The number of carbonyl (C=O) groups excluding carboxylic acids is 2. The molecule has 0 aliphatic carbocycles. The van der Waals surface area contributed by atoms with Crippen molar-refractivity contribution in [1.82, 2.24) is 10.3 Å². The molecule has 2 rings (SSSR count). The summed E-state index contributed by atoms with van der Waals surface area (Å²) >= 11 is 10.7. The quantitative estimate of drug-likeness (QED) is 0.504. The maximum atomic E-state index is 12.1. The topological polar surface area (TPSA) is 80.3 Å². The van der Waals surface area contributed by atoms with Crippen molar-refractivity contribution in [3.63, 3.8) is 0 Å². The van der Waals surface area contributed by atoms with Crippen molar-refractivity contribution in [3.05, 3.63) is 58.9 Å². The predicted molar refractivity (Wildman–Crippen MR) is 90.7 cm³/mol. The molecule has 1 amide bonds. The summed E-state index contributed by atoms with van der Waals surface area (Å²) in [6.45, 7) is 0. The molecular weight excluding hydrogens is 338 g/mol. The first-order valence-electron chi connectivity index (χ1n) is 6.42. The fourth-order valence-corrected chi connectivity index (χ4v) is 2.01. The molecule has 0 saturated heterocycles. The van der Waals surface area contributed by atoms with Crippen LogP contribution in [0.2, 0.25) is 5.15 Å². The lowest BCUT2D eigenvalue weighted by Crippen LogP contribution is -2.34. The van der Waals surface area contributed by atoms with Gasteiger partial charge in [-0.25, -0.2) is 9.78 Å². The minimum Gasteiger partial charge on any atom is -0.465 e. The van der Waals surface area contributed by atoms with Gasteiger partial charge in [0.15, 0.2) is 5.11 Å². The number of nitrogens with one attached hydrogen (secondary N) is 2. The number of esters is 1. The Labute approximate surface area is 142 Å². The Hall–Kier alpha value is -2.51. The number of ether oxygens (including phenoxy) is 1. The number of halogens is 1. The fourth-order valence-electron chi connectivity index (χ4n) is 1.69. The average Bonchev–Trinajstić information content (AvgIpc) is 2.56. The fraction of sp³-hybridized carbons (Fsp3) is 0.0667. The Morgan fingerprint density at radius 1 is 1.22 bits per heavy atom. The molecular formula is C15H12ClN3O3S. The number of hydrogen-bond acceptors (Lipinski definition) is 5. The van der Waals surface area contributed by atoms with E-state index in [-0.39, 0.29) is 16.2 Å². The van der Waals surface area contributed by atoms with Crippen molar-refractivity contribution < 1.29 is 14.3 Å². The highest BCUT2D eigenvalue weighted by atomic mass is 35.5. The second kappa shape index (κ2) is 7.66. The third-order valence-electron chi connectivity index (χ3n) is 2.76. The molecule has 0 unspecified atom stereocenters. The van der Waals surface area contributed by atoms with Crippen LogP contribution in [0.25, 0.3) is 0 Å². The van der Waals surface area contributed by atoms with E-state index in [9.17, 15) is 9.59 Å².